The largest absolute Gasteiger partial charge is 0.347 e. The van der Waals surface area contributed by atoms with Gasteiger partial charge in [0.25, 0.3) is 5.91 Å². The summed E-state index contributed by atoms with van der Waals surface area (Å²) >= 11 is 1.40. The summed E-state index contributed by atoms with van der Waals surface area (Å²) < 4.78 is 26.0. The van der Waals surface area contributed by atoms with Crippen LogP contribution in [0.3, 0.4) is 0 Å². The quantitative estimate of drug-likeness (QED) is 0.917. The number of carbonyl (C=O) groups excluding carboxylic acids is 1. The Bertz CT molecular complexity index is 833. The zero-order chi connectivity index (χ0) is 17.4. The first-order chi connectivity index (χ1) is 10.5. The lowest BCUT2D eigenvalue weighted by Crippen LogP contribution is -2.40. The van der Waals surface area contributed by atoms with Crippen molar-refractivity contribution in [1.82, 2.24) is 5.32 Å². The van der Waals surface area contributed by atoms with Crippen molar-refractivity contribution in [2.75, 3.05) is 17.1 Å². The van der Waals surface area contributed by atoms with Crippen molar-refractivity contribution in [3.8, 4) is 0 Å². The van der Waals surface area contributed by atoms with Gasteiger partial charge in [-0.25, -0.2) is 8.42 Å². The summed E-state index contributed by atoms with van der Waals surface area (Å²) in [5.41, 5.74) is 0.316. The summed E-state index contributed by atoms with van der Waals surface area (Å²) in [6, 6.07) is 7.25. The second kappa shape index (κ2) is 6.13. The van der Waals surface area contributed by atoms with Crippen LogP contribution in [-0.4, -0.2) is 32.7 Å². The molecule has 0 saturated carbocycles. The number of anilines is 1. The number of thiophene rings is 1. The summed E-state index contributed by atoms with van der Waals surface area (Å²) in [4.78, 5) is 12.9. The molecule has 7 heteroatoms. The molecular weight excluding hydrogens is 332 g/mol. The molecule has 1 aromatic heterocycles. The maximum absolute atomic E-state index is 12.3. The van der Waals surface area contributed by atoms with Crippen molar-refractivity contribution in [2.24, 2.45) is 0 Å². The van der Waals surface area contributed by atoms with E-state index in [1.807, 2.05) is 32.9 Å². The van der Waals surface area contributed by atoms with Crippen LogP contribution >= 0.6 is 11.3 Å². The molecule has 0 aliphatic carbocycles. The second-order valence-electron chi connectivity index (χ2n) is 6.46. The molecule has 0 unspecified atom stereocenters. The van der Waals surface area contributed by atoms with Gasteiger partial charge in [-0.3, -0.25) is 9.10 Å². The lowest BCUT2D eigenvalue weighted by molar-refractivity contribution is 0.0924. The summed E-state index contributed by atoms with van der Waals surface area (Å²) in [5.74, 6) is -0.115. The highest BCUT2D eigenvalue weighted by Crippen LogP contribution is 2.30. The highest BCUT2D eigenvalue weighted by molar-refractivity contribution is 7.92. The number of amides is 1. The Morgan fingerprint density at radius 2 is 1.91 bits per heavy atom. The number of sulfonamides is 1. The molecule has 0 spiro atoms. The fourth-order valence-electron chi connectivity index (χ4n) is 2.31. The monoisotopic (exact) mass is 354 g/mol. The van der Waals surface area contributed by atoms with Gasteiger partial charge in [0.2, 0.25) is 10.0 Å². The molecule has 0 aliphatic heterocycles. The normalized spacial score (nSPS) is 12.4. The minimum atomic E-state index is -3.31. The van der Waals surface area contributed by atoms with Gasteiger partial charge in [-0.2, -0.15) is 0 Å². The molecule has 23 heavy (non-hydrogen) atoms. The molecular formula is C16H22N2O3S2. The first kappa shape index (κ1) is 17.7. The van der Waals surface area contributed by atoms with Crippen molar-refractivity contribution in [3.05, 3.63) is 29.1 Å². The van der Waals surface area contributed by atoms with Crippen LogP contribution in [0, 0.1) is 0 Å². The van der Waals surface area contributed by atoms with Crippen molar-refractivity contribution in [1.29, 1.82) is 0 Å². The average molecular weight is 354 g/mol. The van der Waals surface area contributed by atoms with E-state index in [1.165, 1.54) is 21.9 Å². The molecule has 5 nitrogen and oxygen atoms in total. The maximum Gasteiger partial charge on any atom is 0.261 e. The van der Waals surface area contributed by atoms with Gasteiger partial charge in [-0.05, 0) is 57.3 Å². The van der Waals surface area contributed by atoms with Gasteiger partial charge in [0.15, 0.2) is 0 Å². The van der Waals surface area contributed by atoms with Crippen molar-refractivity contribution in [3.63, 3.8) is 0 Å². The highest BCUT2D eigenvalue weighted by atomic mass is 32.2. The molecule has 0 aliphatic rings. The van der Waals surface area contributed by atoms with Crippen LogP contribution in [0.1, 0.15) is 37.4 Å². The SMILES string of the molecule is CCN(c1ccc2sc(C(=O)NC(C)(C)C)cc2c1)S(C)(=O)=O. The maximum atomic E-state index is 12.3. The Morgan fingerprint density at radius 1 is 1.26 bits per heavy atom. The molecule has 1 heterocycles. The van der Waals surface area contributed by atoms with Crippen molar-refractivity contribution < 1.29 is 13.2 Å². The number of nitrogens with one attached hydrogen (secondary N) is 1. The van der Waals surface area contributed by atoms with Gasteiger partial charge in [-0.1, -0.05) is 0 Å². The number of hydrogen-bond acceptors (Lipinski definition) is 4. The zero-order valence-corrected chi connectivity index (χ0v) is 15.6. The van der Waals surface area contributed by atoms with E-state index in [4.69, 9.17) is 0 Å². The number of rotatable bonds is 4. The van der Waals surface area contributed by atoms with E-state index in [-0.39, 0.29) is 11.4 Å². The van der Waals surface area contributed by atoms with Gasteiger partial charge < -0.3 is 5.32 Å². The van der Waals surface area contributed by atoms with Crippen LogP contribution < -0.4 is 9.62 Å². The highest BCUT2D eigenvalue weighted by Gasteiger charge is 2.19. The Balaban J connectivity index is 2.40. The summed E-state index contributed by atoms with van der Waals surface area (Å²) in [6.07, 6.45) is 1.19. The molecule has 0 saturated heterocycles. The fraction of sp³-hybridized carbons (Fsp3) is 0.438. The van der Waals surface area contributed by atoms with E-state index < -0.39 is 10.0 Å². The number of fused-ring (bicyclic) bond motifs is 1. The predicted molar refractivity (Wildman–Crippen MR) is 96.9 cm³/mol. The van der Waals surface area contributed by atoms with E-state index in [2.05, 4.69) is 5.32 Å². The Morgan fingerprint density at radius 3 is 2.43 bits per heavy atom. The molecule has 0 radical (unpaired) electrons. The fourth-order valence-corrected chi connectivity index (χ4v) is 4.21. The van der Waals surface area contributed by atoms with Gasteiger partial charge in [0.05, 0.1) is 16.8 Å². The van der Waals surface area contributed by atoms with Crippen LogP contribution in [0.5, 0.6) is 0 Å². The zero-order valence-electron chi connectivity index (χ0n) is 14.0. The van der Waals surface area contributed by atoms with Gasteiger partial charge >= 0.3 is 0 Å². The predicted octanol–water partition coefficient (Wildman–Crippen LogP) is 3.22. The van der Waals surface area contributed by atoms with Gasteiger partial charge in [0.1, 0.15) is 0 Å². The number of carbonyl (C=O) groups is 1. The van der Waals surface area contributed by atoms with E-state index in [1.54, 1.807) is 19.1 Å². The smallest absolute Gasteiger partial charge is 0.261 e. The van der Waals surface area contributed by atoms with Crippen molar-refractivity contribution >= 4 is 43.0 Å². The van der Waals surface area contributed by atoms with Crippen LogP contribution in [-0.2, 0) is 10.0 Å². The Labute approximate surface area is 141 Å². The number of hydrogen-bond donors (Lipinski definition) is 1. The lowest BCUT2D eigenvalue weighted by atomic mass is 10.1. The molecule has 126 valence electrons. The first-order valence-corrected chi connectivity index (χ1v) is 10.0. The molecule has 1 aromatic carbocycles. The summed E-state index contributed by atoms with van der Waals surface area (Å²) in [5, 5.41) is 3.80. The number of benzene rings is 1. The third-order valence-electron chi connectivity index (χ3n) is 3.19. The lowest BCUT2D eigenvalue weighted by Gasteiger charge is -2.20. The van der Waals surface area contributed by atoms with E-state index in [0.717, 1.165) is 10.1 Å². The van der Waals surface area contributed by atoms with Gasteiger partial charge in [-0.15, -0.1) is 11.3 Å². The number of nitrogens with zero attached hydrogens (tertiary/aromatic N) is 1. The summed E-state index contributed by atoms with van der Waals surface area (Å²) in [7, 11) is -3.31. The molecule has 2 aromatic rings. The first-order valence-electron chi connectivity index (χ1n) is 7.35. The standard InChI is InChI=1S/C16H22N2O3S2/c1-6-18(23(5,20)21)12-7-8-13-11(9-12)10-14(22-13)15(19)17-16(2,3)4/h7-10H,6H2,1-5H3,(H,17,19). The third-order valence-corrected chi connectivity index (χ3v) is 5.57. The van der Waals surface area contributed by atoms with E-state index >= 15 is 0 Å². The minimum Gasteiger partial charge on any atom is -0.347 e. The topological polar surface area (TPSA) is 66.5 Å². The van der Waals surface area contributed by atoms with Crippen LogP contribution in [0.25, 0.3) is 10.1 Å². The molecule has 0 bridgehead atoms. The van der Waals surface area contributed by atoms with Crippen LogP contribution in [0.2, 0.25) is 0 Å². The molecule has 1 N–H and O–H groups in total. The van der Waals surface area contributed by atoms with E-state index in [0.29, 0.717) is 17.1 Å². The average Bonchev–Trinajstić information content (AvgIpc) is 2.79. The summed E-state index contributed by atoms with van der Waals surface area (Å²) in [6.45, 7) is 7.96. The van der Waals surface area contributed by atoms with Gasteiger partial charge in [0, 0.05) is 16.8 Å². The molecule has 0 fully saturated rings. The molecule has 0 atom stereocenters. The third kappa shape index (κ3) is 4.23. The molecule has 2 rings (SSSR count). The van der Waals surface area contributed by atoms with Crippen LogP contribution in [0.15, 0.2) is 24.3 Å². The Kier molecular flexibility index (Phi) is 4.73. The molecule has 1 amide bonds. The van der Waals surface area contributed by atoms with Crippen molar-refractivity contribution in [2.45, 2.75) is 33.2 Å². The second-order valence-corrected chi connectivity index (χ2v) is 9.46. The van der Waals surface area contributed by atoms with Crippen LogP contribution in [0.4, 0.5) is 5.69 Å². The Hall–Kier alpha value is -1.60. The minimum absolute atomic E-state index is 0.115. The van der Waals surface area contributed by atoms with E-state index in [9.17, 15) is 13.2 Å².